The van der Waals surface area contributed by atoms with Crippen LogP contribution in [0.2, 0.25) is 0 Å². The summed E-state index contributed by atoms with van der Waals surface area (Å²) < 4.78 is 0.912. The van der Waals surface area contributed by atoms with Gasteiger partial charge in [0.15, 0.2) is 5.13 Å². The molecule has 0 atom stereocenters. The van der Waals surface area contributed by atoms with Gasteiger partial charge in [-0.1, -0.05) is 28.1 Å². The lowest BCUT2D eigenvalue weighted by molar-refractivity contribution is 0.102. The van der Waals surface area contributed by atoms with Gasteiger partial charge in [-0.3, -0.25) is 9.78 Å². The van der Waals surface area contributed by atoms with Crippen molar-refractivity contribution in [2.45, 2.75) is 13.8 Å². The number of thiazole rings is 1. The van der Waals surface area contributed by atoms with Crippen molar-refractivity contribution in [3.63, 3.8) is 0 Å². The van der Waals surface area contributed by atoms with E-state index in [4.69, 9.17) is 0 Å². The van der Waals surface area contributed by atoms with E-state index in [2.05, 4.69) is 36.5 Å². The average molecular weight is 479 g/mol. The van der Waals surface area contributed by atoms with Crippen molar-refractivity contribution in [2.75, 3.05) is 10.6 Å². The lowest BCUT2D eigenvalue weighted by Crippen LogP contribution is -2.12. The van der Waals surface area contributed by atoms with Gasteiger partial charge in [0.1, 0.15) is 0 Å². The fourth-order valence-electron chi connectivity index (χ4n) is 2.87. The van der Waals surface area contributed by atoms with Gasteiger partial charge in [-0.15, -0.1) is 11.3 Å². The number of nitrogens with zero attached hydrogens (tertiary/aromatic N) is 2. The normalized spacial score (nSPS) is 10.6. The number of carbonyl (C=O) groups is 1. The molecule has 5 nitrogen and oxygen atoms in total. The highest BCUT2D eigenvalue weighted by atomic mass is 79.9. The Kier molecular flexibility index (Phi) is 5.92. The van der Waals surface area contributed by atoms with Gasteiger partial charge in [0, 0.05) is 44.7 Å². The third-order valence-electron chi connectivity index (χ3n) is 4.63. The molecule has 0 aliphatic heterocycles. The van der Waals surface area contributed by atoms with Crippen LogP contribution in [-0.4, -0.2) is 15.9 Å². The Morgan fingerprint density at radius 1 is 1.07 bits per heavy atom. The van der Waals surface area contributed by atoms with E-state index in [1.165, 1.54) is 11.3 Å². The van der Waals surface area contributed by atoms with Crippen LogP contribution in [0.15, 0.2) is 70.8 Å². The molecule has 0 radical (unpaired) electrons. The van der Waals surface area contributed by atoms with Crippen LogP contribution in [0.4, 0.5) is 16.5 Å². The summed E-state index contributed by atoms with van der Waals surface area (Å²) in [6.45, 7) is 4.00. The van der Waals surface area contributed by atoms with Gasteiger partial charge in [0.2, 0.25) is 0 Å². The number of aryl methyl sites for hydroxylation is 2. The molecule has 1 amide bonds. The summed E-state index contributed by atoms with van der Waals surface area (Å²) in [7, 11) is 0. The topological polar surface area (TPSA) is 66.9 Å². The Bertz CT molecular complexity index is 1210. The Morgan fingerprint density at radius 2 is 1.90 bits per heavy atom. The average Bonchev–Trinajstić information content (AvgIpc) is 3.21. The number of anilines is 3. The number of pyridine rings is 1. The van der Waals surface area contributed by atoms with Gasteiger partial charge in [0.25, 0.3) is 5.91 Å². The van der Waals surface area contributed by atoms with Crippen LogP contribution in [0.1, 0.15) is 21.5 Å². The van der Waals surface area contributed by atoms with Crippen molar-refractivity contribution in [3.8, 4) is 11.3 Å². The molecule has 0 spiro atoms. The molecule has 0 aliphatic carbocycles. The quantitative estimate of drug-likeness (QED) is 0.339. The second-order valence-corrected chi connectivity index (χ2v) is 8.56. The molecule has 30 heavy (non-hydrogen) atoms. The molecule has 7 heteroatoms. The molecule has 0 unspecified atom stereocenters. The van der Waals surface area contributed by atoms with E-state index >= 15 is 0 Å². The maximum atomic E-state index is 12.6. The molecule has 4 rings (SSSR count). The molecule has 0 bridgehead atoms. The molecular weight excluding hydrogens is 460 g/mol. The Hall–Kier alpha value is -3.03. The van der Waals surface area contributed by atoms with Crippen molar-refractivity contribution in [2.24, 2.45) is 0 Å². The largest absolute Gasteiger partial charge is 0.331 e. The third-order valence-corrected chi connectivity index (χ3v) is 6.24. The lowest BCUT2D eigenvalue weighted by atomic mass is 10.1. The van der Waals surface area contributed by atoms with Crippen LogP contribution < -0.4 is 10.6 Å². The van der Waals surface area contributed by atoms with E-state index in [1.807, 2.05) is 67.8 Å². The molecule has 0 saturated heterocycles. The summed E-state index contributed by atoms with van der Waals surface area (Å²) in [5.74, 6) is -0.154. The summed E-state index contributed by atoms with van der Waals surface area (Å²) in [5.41, 5.74) is 6.21. The first kappa shape index (κ1) is 20.3. The molecular formula is C23H19BrN4OS. The Balaban J connectivity index is 1.51. The van der Waals surface area contributed by atoms with Gasteiger partial charge in [-0.2, -0.15) is 0 Å². The zero-order chi connectivity index (χ0) is 21.1. The van der Waals surface area contributed by atoms with Gasteiger partial charge >= 0.3 is 0 Å². The lowest BCUT2D eigenvalue weighted by Gasteiger charge is -2.11. The first-order valence-corrected chi connectivity index (χ1v) is 11.0. The Labute approximate surface area is 187 Å². The number of amides is 1. The van der Waals surface area contributed by atoms with Crippen LogP contribution in [0.3, 0.4) is 0 Å². The summed E-state index contributed by atoms with van der Waals surface area (Å²) in [6, 6.07) is 15.2. The van der Waals surface area contributed by atoms with Gasteiger partial charge in [-0.05, 0) is 61.4 Å². The number of benzene rings is 2. The second-order valence-electron chi connectivity index (χ2n) is 6.85. The monoisotopic (exact) mass is 478 g/mol. The fraction of sp³-hybridized carbons (Fsp3) is 0.0870. The van der Waals surface area contributed by atoms with E-state index in [0.29, 0.717) is 11.3 Å². The fourth-order valence-corrected chi connectivity index (χ4v) is 3.98. The van der Waals surface area contributed by atoms with Gasteiger partial charge in [-0.25, -0.2) is 4.98 Å². The standard InChI is InChI=1S/C23H19BrN4OS/c1-14-5-7-16(10-19(14)24)22(29)26-18-8-6-15(2)20(11-18)27-23-28-21(13-30-23)17-4-3-9-25-12-17/h3-13H,1-2H3,(H,26,29)(H,27,28). The van der Waals surface area contributed by atoms with Gasteiger partial charge < -0.3 is 10.6 Å². The number of aromatic nitrogens is 2. The number of nitrogens with one attached hydrogen (secondary N) is 2. The molecule has 2 N–H and O–H groups in total. The summed E-state index contributed by atoms with van der Waals surface area (Å²) >= 11 is 5.00. The van der Waals surface area contributed by atoms with Crippen LogP contribution in [0, 0.1) is 13.8 Å². The highest BCUT2D eigenvalue weighted by molar-refractivity contribution is 9.10. The van der Waals surface area contributed by atoms with Crippen LogP contribution in [0.5, 0.6) is 0 Å². The molecule has 150 valence electrons. The highest BCUT2D eigenvalue weighted by Gasteiger charge is 2.10. The van der Waals surface area contributed by atoms with Crippen LogP contribution in [-0.2, 0) is 0 Å². The van der Waals surface area contributed by atoms with Crippen molar-refractivity contribution >= 4 is 49.7 Å². The predicted octanol–water partition coefficient (Wildman–Crippen LogP) is 6.58. The van der Waals surface area contributed by atoms with E-state index in [-0.39, 0.29) is 5.91 Å². The molecule has 2 aromatic heterocycles. The van der Waals surface area contributed by atoms with Crippen molar-refractivity contribution < 1.29 is 4.79 Å². The van der Waals surface area contributed by atoms with E-state index in [0.717, 1.165) is 37.7 Å². The number of hydrogen-bond acceptors (Lipinski definition) is 5. The first-order valence-electron chi connectivity index (χ1n) is 9.31. The zero-order valence-corrected chi connectivity index (χ0v) is 18.8. The number of rotatable bonds is 5. The van der Waals surface area contributed by atoms with Crippen LogP contribution in [0.25, 0.3) is 11.3 Å². The maximum absolute atomic E-state index is 12.6. The minimum Gasteiger partial charge on any atom is -0.331 e. The summed E-state index contributed by atoms with van der Waals surface area (Å²) in [5, 5.41) is 9.10. The van der Waals surface area contributed by atoms with Crippen molar-refractivity contribution in [1.82, 2.24) is 9.97 Å². The molecule has 0 saturated carbocycles. The van der Waals surface area contributed by atoms with Gasteiger partial charge in [0.05, 0.1) is 5.69 Å². The van der Waals surface area contributed by atoms with E-state index in [1.54, 1.807) is 12.4 Å². The van der Waals surface area contributed by atoms with Crippen molar-refractivity contribution in [1.29, 1.82) is 0 Å². The number of carbonyl (C=O) groups excluding carboxylic acids is 1. The SMILES string of the molecule is Cc1ccc(C(=O)Nc2ccc(C)c(Nc3nc(-c4cccnc4)cs3)c2)cc1Br. The van der Waals surface area contributed by atoms with E-state index < -0.39 is 0 Å². The number of halogens is 1. The van der Waals surface area contributed by atoms with Crippen molar-refractivity contribution in [3.05, 3.63) is 87.5 Å². The molecule has 2 heterocycles. The minimum atomic E-state index is -0.154. The molecule has 0 fully saturated rings. The summed E-state index contributed by atoms with van der Waals surface area (Å²) in [4.78, 5) is 21.4. The molecule has 4 aromatic rings. The smallest absolute Gasteiger partial charge is 0.255 e. The Morgan fingerprint density at radius 3 is 2.67 bits per heavy atom. The van der Waals surface area contributed by atoms with E-state index in [9.17, 15) is 4.79 Å². The third kappa shape index (κ3) is 4.58. The summed E-state index contributed by atoms with van der Waals surface area (Å²) in [6.07, 6.45) is 3.54. The first-order chi connectivity index (χ1) is 14.5. The second kappa shape index (κ2) is 8.77. The highest BCUT2D eigenvalue weighted by Crippen LogP contribution is 2.29. The van der Waals surface area contributed by atoms with Crippen LogP contribution >= 0.6 is 27.3 Å². The molecule has 2 aromatic carbocycles. The predicted molar refractivity (Wildman–Crippen MR) is 127 cm³/mol. The molecule has 0 aliphatic rings. The zero-order valence-electron chi connectivity index (χ0n) is 16.4. The number of hydrogen-bond donors (Lipinski definition) is 2. The minimum absolute atomic E-state index is 0.154. The maximum Gasteiger partial charge on any atom is 0.255 e.